The molecule has 2 aromatic carbocycles. The van der Waals surface area contributed by atoms with E-state index < -0.39 is 10.0 Å². The number of hydrogen-bond donors (Lipinski definition) is 0. The van der Waals surface area contributed by atoms with Gasteiger partial charge in [0.05, 0.1) is 5.92 Å². The van der Waals surface area contributed by atoms with Crippen molar-refractivity contribution in [2.45, 2.75) is 24.3 Å². The van der Waals surface area contributed by atoms with Crippen LogP contribution in [0.15, 0.2) is 57.8 Å². The van der Waals surface area contributed by atoms with E-state index in [9.17, 15) is 13.2 Å². The monoisotopic (exact) mass is 418 g/mol. The number of fused-ring (bicyclic) bond motifs is 1. The van der Waals surface area contributed by atoms with Crippen molar-refractivity contribution in [2.24, 2.45) is 10.3 Å². The normalized spacial score (nSPS) is 20.4. The Bertz CT molecular complexity index is 1050. The smallest absolute Gasteiger partial charge is 0.311 e. The first kappa shape index (κ1) is 19.0. The van der Waals surface area contributed by atoms with E-state index in [0.717, 1.165) is 12.0 Å². The number of piperidine rings is 1. The summed E-state index contributed by atoms with van der Waals surface area (Å²) in [6.07, 6.45) is 1.46. The fourth-order valence-electron chi connectivity index (χ4n) is 3.58. The molecule has 0 radical (unpaired) electrons. The Morgan fingerprint density at radius 3 is 2.86 bits per heavy atom. The zero-order valence-corrected chi connectivity index (χ0v) is 16.6. The molecule has 0 amide bonds. The summed E-state index contributed by atoms with van der Waals surface area (Å²) < 4.78 is 34.0. The Morgan fingerprint density at radius 1 is 1.21 bits per heavy atom. The summed E-state index contributed by atoms with van der Waals surface area (Å²) in [7, 11) is -3.67. The van der Waals surface area contributed by atoms with Gasteiger partial charge in [-0.2, -0.15) is 8.42 Å². The molecule has 146 valence electrons. The summed E-state index contributed by atoms with van der Waals surface area (Å²) >= 11 is 5.96. The van der Waals surface area contributed by atoms with Gasteiger partial charge < -0.3 is 9.64 Å². The van der Waals surface area contributed by atoms with E-state index in [1.54, 1.807) is 36.4 Å². The molecule has 6 nitrogen and oxygen atoms in total. The Morgan fingerprint density at radius 2 is 2.04 bits per heavy atom. The minimum absolute atomic E-state index is 0.161. The molecule has 2 heterocycles. The molecule has 28 heavy (non-hydrogen) atoms. The summed E-state index contributed by atoms with van der Waals surface area (Å²) in [5, 5.41) is 0.594. The lowest BCUT2D eigenvalue weighted by atomic mass is 9.97. The van der Waals surface area contributed by atoms with Crippen LogP contribution in [0.25, 0.3) is 0 Å². The molecule has 8 heteroatoms. The summed E-state index contributed by atoms with van der Waals surface area (Å²) in [5.41, 5.74) is 1.42. The fourth-order valence-corrected chi connectivity index (χ4v) is 5.02. The van der Waals surface area contributed by atoms with E-state index in [2.05, 4.69) is 4.40 Å². The molecule has 1 fully saturated rings. The molecule has 0 unspecified atom stereocenters. The van der Waals surface area contributed by atoms with Crippen molar-refractivity contribution < 1.29 is 17.9 Å². The van der Waals surface area contributed by atoms with Crippen LogP contribution in [0.5, 0.6) is 0 Å². The lowest BCUT2D eigenvalue weighted by molar-refractivity contribution is -0.151. The van der Waals surface area contributed by atoms with Crippen molar-refractivity contribution in [1.29, 1.82) is 0 Å². The number of hydrogen-bond acceptors (Lipinski definition) is 5. The highest BCUT2D eigenvalue weighted by Crippen LogP contribution is 2.30. The third-order valence-electron chi connectivity index (χ3n) is 4.94. The Hall–Kier alpha value is -2.38. The van der Waals surface area contributed by atoms with E-state index in [1.807, 2.05) is 17.0 Å². The maximum Gasteiger partial charge on any atom is 0.311 e. The summed E-state index contributed by atoms with van der Waals surface area (Å²) in [4.78, 5) is 14.6. The van der Waals surface area contributed by atoms with Gasteiger partial charge in [0, 0.05) is 23.7 Å². The Kier molecular flexibility index (Phi) is 5.12. The van der Waals surface area contributed by atoms with Crippen molar-refractivity contribution in [3.8, 4) is 0 Å². The number of sulfonamides is 1. The minimum atomic E-state index is -3.67. The first-order valence-corrected chi connectivity index (χ1v) is 10.9. The Balaban J connectivity index is 1.46. The number of esters is 1. The van der Waals surface area contributed by atoms with E-state index in [1.165, 1.54) is 0 Å². The molecule has 0 bridgehead atoms. The first-order chi connectivity index (χ1) is 13.4. The van der Waals surface area contributed by atoms with Gasteiger partial charge in [-0.25, -0.2) is 0 Å². The molecule has 2 aliphatic rings. The number of carbonyl (C=O) groups is 1. The molecule has 2 aliphatic heterocycles. The van der Waals surface area contributed by atoms with Gasteiger partial charge in [-0.15, -0.1) is 4.40 Å². The van der Waals surface area contributed by atoms with Crippen LogP contribution in [0, 0.1) is 5.92 Å². The van der Waals surface area contributed by atoms with Crippen LogP contribution in [0.3, 0.4) is 0 Å². The number of rotatable bonds is 3. The molecular formula is C20H19ClN2O4S. The van der Waals surface area contributed by atoms with Crippen molar-refractivity contribution in [2.75, 3.05) is 13.1 Å². The van der Waals surface area contributed by atoms with Crippen molar-refractivity contribution in [3.05, 3.63) is 64.7 Å². The third-order valence-corrected chi connectivity index (χ3v) is 6.50. The van der Waals surface area contributed by atoms with Gasteiger partial charge in [0.15, 0.2) is 5.84 Å². The molecule has 0 aromatic heterocycles. The molecule has 1 saturated heterocycles. The van der Waals surface area contributed by atoms with E-state index in [-0.39, 0.29) is 23.4 Å². The lowest BCUT2D eigenvalue weighted by Crippen LogP contribution is -2.42. The summed E-state index contributed by atoms with van der Waals surface area (Å²) in [5.74, 6) is -0.201. The van der Waals surface area contributed by atoms with E-state index in [0.29, 0.717) is 35.9 Å². The quantitative estimate of drug-likeness (QED) is 0.715. The van der Waals surface area contributed by atoms with E-state index >= 15 is 0 Å². The first-order valence-electron chi connectivity index (χ1n) is 9.04. The minimum Gasteiger partial charge on any atom is -0.461 e. The SMILES string of the molecule is O=C(OCc1cccc(Cl)c1)[C@@H]1CCCN(C2=NS(=O)(=O)c3ccccc32)C1. The maximum atomic E-state index is 12.5. The van der Waals surface area contributed by atoms with Gasteiger partial charge in [0.1, 0.15) is 11.5 Å². The highest BCUT2D eigenvalue weighted by molar-refractivity contribution is 7.90. The van der Waals surface area contributed by atoms with Crippen LogP contribution in [0.4, 0.5) is 0 Å². The van der Waals surface area contributed by atoms with E-state index in [4.69, 9.17) is 16.3 Å². The van der Waals surface area contributed by atoms with Crippen LogP contribution < -0.4 is 0 Å². The zero-order valence-electron chi connectivity index (χ0n) is 15.0. The summed E-state index contributed by atoms with van der Waals surface area (Å²) in [6, 6.07) is 14.0. The maximum absolute atomic E-state index is 12.5. The number of ether oxygens (including phenoxy) is 1. The highest BCUT2D eigenvalue weighted by Gasteiger charge is 2.35. The van der Waals surface area contributed by atoms with Crippen molar-refractivity contribution in [1.82, 2.24) is 4.90 Å². The van der Waals surface area contributed by atoms with Crippen LogP contribution in [0.2, 0.25) is 5.02 Å². The van der Waals surface area contributed by atoms with Gasteiger partial charge in [0.25, 0.3) is 10.0 Å². The lowest BCUT2D eigenvalue weighted by Gasteiger charge is -2.32. The van der Waals surface area contributed by atoms with Gasteiger partial charge >= 0.3 is 5.97 Å². The second kappa shape index (κ2) is 7.56. The van der Waals surface area contributed by atoms with Crippen LogP contribution in [-0.4, -0.2) is 38.2 Å². The van der Waals surface area contributed by atoms with Crippen molar-refractivity contribution in [3.63, 3.8) is 0 Å². The molecule has 0 N–H and O–H groups in total. The predicted molar refractivity (Wildman–Crippen MR) is 106 cm³/mol. The number of likely N-dealkylation sites (tertiary alicyclic amines) is 1. The number of nitrogens with zero attached hydrogens (tertiary/aromatic N) is 2. The molecular weight excluding hydrogens is 400 g/mol. The van der Waals surface area contributed by atoms with Gasteiger partial charge in [-0.05, 0) is 42.7 Å². The Labute approximate surface area is 168 Å². The van der Waals surface area contributed by atoms with Crippen LogP contribution in [-0.2, 0) is 26.2 Å². The van der Waals surface area contributed by atoms with Crippen LogP contribution in [0.1, 0.15) is 24.0 Å². The molecule has 1 atom stereocenters. The number of benzene rings is 2. The number of carbonyl (C=O) groups excluding carboxylic acids is 1. The molecule has 0 spiro atoms. The van der Waals surface area contributed by atoms with Crippen molar-refractivity contribution >= 4 is 33.4 Å². The highest BCUT2D eigenvalue weighted by atomic mass is 35.5. The zero-order chi connectivity index (χ0) is 19.7. The number of halogens is 1. The molecule has 0 aliphatic carbocycles. The average molecular weight is 419 g/mol. The summed E-state index contributed by atoms with van der Waals surface area (Å²) in [6.45, 7) is 1.20. The van der Waals surface area contributed by atoms with Gasteiger partial charge in [0.2, 0.25) is 0 Å². The molecule has 4 rings (SSSR count). The predicted octanol–water partition coefficient (Wildman–Crippen LogP) is 3.24. The second-order valence-corrected chi connectivity index (χ2v) is 8.92. The number of amidine groups is 1. The fraction of sp³-hybridized carbons (Fsp3) is 0.300. The molecule has 0 saturated carbocycles. The molecule has 2 aromatic rings. The third kappa shape index (κ3) is 3.77. The standard InChI is InChI=1S/C20H19ClN2O4S/c21-16-7-3-5-14(11-16)13-27-20(24)15-6-4-10-23(12-15)19-17-8-1-2-9-18(17)28(25,26)22-19/h1-3,5,7-9,11,15H,4,6,10,12-13H2/t15-/m1/s1. The topological polar surface area (TPSA) is 76.0 Å². The second-order valence-electron chi connectivity index (χ2n) is 6.91. The average Bonchev–Trinajstić information content (AvgIpc) is 2.98. The van der Waals surface area contributed by atoms with Gasteiger partial charge in [-0.1, -0.05) is 35.9 Å². The largest absolute Gasteiger partial charge is 0.461 e. The van der Waals surface area contributed by atoms with Gasteiger partial charge in [-0.3, -0.25) is 4.79 Å². The van der Waals surface area contributed by atoms with Crippen LogP contribution >= 0.6 is 11.6 Å².